The molecule has 1 amide bonds. The molecule has 3 heterocycles. The SMILES string of the molecule is CC(NC(=O)Cc1cn2ccsc2n1)c1ccncc1. The number of carbonyl (C=O) groups excluding carboxylic acids is 1. The van der Waals surface area contributed by atoms with Gasteiger partial charge in [0.1, 0.15) is 0 Å². The topological polar surface area (TPSA) is 59.3 Å². The van der Waals surface area contributed by atoms with Crippen LogP contribution in [0, 0.1) is 0 Å². The second kappa shape index (κ2) is 5.42. The van der Waals surface area contributed by atoms with E-state index >= 15 is 0 Å². The first-order valence-electron chi connectivity index (χ1n) is 6.33. The molecule has 0 aliphatic heterocycles. The molecule has 3 aromatic rings. The third kappa shape index (κ3) is 2.70. The molecule has 0 aromatic carbocycles. The molecule has 1 unspecified atom stereocenters. The fraction of sp³-hybridized carbons (Fsp3) is 0.214. The van der Waals surface area contributed by atoms with E-state index in [0.717, 1.165) is 16.2 Å². The summed E-state index contributed by atoms with van der Waals surface area (Å²) in [6, 6.07) is 3.77. The number of aromatic nitrogens is 3. The molecule has 0 saturated carbocycles. The van der Waals surface area contributed by atoms with Crippen molar-refractivity contribution in [2.75, 3.05) is 0 Å². The first-order valence-corrected chi connectivity index (χ1v) is 7.21. The third-order valence-electron chi connectivity index (χ3n) is 3.07. The smallest absolute Gasteiger partial charge is 0.226 e. The highest BCUT2D eigenvalue weighted by Crippen LogP contribution is 2.13. The van der Waals surface area contributed by atoms with Crippen molar-refractivity contribution in [2.24, 2.45) is 0 Å². The largest absolute Gasteiger partial charge is 0.349 e. The molecule has 5 nitrogen and oxygen atoms in total. The lowest BCUT2D eigenvalue weighted by Crippen LogP contribution is -2.28. The standard InChI is InChI=1S/C14H14N4OS/c1-10(11-2-4-15-5-3-11)16-13(19)8-12-9-18-6-7-20-14(18)17-12/h2-7,9-10H,8H2,1H3,(H,16,19). The van der Waals surface area contributed by atoms with Crippen molar-refractivity contribution in [3.63, 3.8) is 0 Å². The Hall–Kier alpha value is -2.21. The molecule has 102 valence electrons. The Bertz CT molecular complexity index is 690. The molecule has 0 fully saturated rings. The zero-order chi connectivity index (χ0) is 13.9. The molecule has 0 aliphatic rings. The van der Waals surface area contributed by atoms with Crippen molar-refractivity contribution >= 4 is 22.2 Å². The van der Waals surface area contributed by atoms with Gasteiger partial charge < -0.3 is 5.32 Å². The van der Waals surface area contributed by atoms with Crippen LogP contribution < -0.4 is 5.32 Å². The molecule has 0 saturated heterocycles. The van der Waals surface area contributed by atoms with E-state index in [1.165, 1.54) is 0 Å². The Morgan fingerprint density at radius 1 is 1.45 bits per heavy atom. The van der Waals surface area contributed by atoms with E-state index in [-0.39, 0.29) is 11.9 Å². The fourth-order valence-corrected chi connectivity index (χ4v) is 2.77. The predicted octanol–water partition coefficient (Wildman–Crippen LogP) is 2.21. The molecule has 0 bridgehead atoms. The van der Waals surface area contributed by atoms with Crippen molar-refractivity contribution in [2.45, 2.75) is 19.4 Å². The van der Waals surface area contributed by atoms with Crippen LogP contribution in [0.2, 0.25) is 0 Å². The third-order valence-corrected chi connectivity index (χ3v) is 3.84. The number of amides is 1. The van der Waals surface area contributed by atoms with Crippen molar-refractivity contribution in [1.82, 2.24) is 19.7 Å². The van der Waals surface area contributed by atoms with E-state index in [0.29, 0.717) is 6.42 Å². The number of carbonyl (C=O) groups is 1. The molecule has 0 spiro atoms. The molecule has 3 rings (SSSR count). The van der Waals surface area contributed by atoms with Gasteiger partial charge in [-0.15, -0.1) is 11.3 Å². The van der Waals surface area contributed by atoms with Crippen LogP contribution in [-0.4, -0.2) is 20.3 Å². The summed E-state index contributed by atoms with van der Waals surface area (Å²) >= 11 is 1.56. The molecular formula is C14H14N4OS. The molecule has 1 atom stereocenters. The van der Waals surface area contributed by atoms with E-state index in [2.05, 4.69) is 15.3 Å². The van der Waals surface area contributed by atoms with Gasteiger partial charge in [-0.3, -0.25) is 14.2 Å². The normalized spacial score (nSPS) is 12.4. The van der Waals surface area contributed by atoms with Crippen LogP contribution in [0.15, 0.2) is 42.3 Å². The number of imidazole rings is 1. The second-order valence-electron chi connectivity index (χ2n) is 4.57. The first kappa shape index (κ1) is 12.8. The van der Waals surface area contributed by atoms with Gasteiger partial charge in [0.05, 0.1) is 18.2 Å². The van der Waals surface area contributed by atoms with Crippen LogP contribution in [0.1, 0.15) is 24.2 Å². The summed E-state index contributed by atoms with van der Waals surface area (Å²) in [5, 5.41) is 4.94. The fourth-order valence-electron chi connectivity index (χ4n) is 2.05. The Balaban J connectivity index is 1.63. The minimum Gasteiger partial charge on any atom is -0.349 e. The van der Waals surface area contributed by atoms with E-state index in [1.807, 2.05) is 41.2 Å². The van der Waals surface area contributed by atoms with Gasteiger partial charge in [-0.1, -0.05) is 0 Å². The van der Waals surface area contributed by atoms with Gasteiger partial charge in [-0.25, -0.2) is 4.98 Å². The Morgan fingerprint density at radius 3 is 3.00 bits per heavy atom. The van der Waals surface area contributed by atoms with Crippen molar-refractivity contribution in [1.29, 1.82) is 0 Å². The number of nitrogens with one attached hydrogen (secondary N) is 1. The molecule has 6 heteroatoms. The maximum absolute atomic E-state index is 12.0. The average Bonchev–Trinajstić information content (AvgIpc) is 3.00. The predicted molar refractivity (Wildman–Crippen MR) is 77.6 cm³/mol. The van der Waals surface area contributed by atoms with Gasteiger partial charge in [0.15, 0.2) is 4.96 Å². The number of fused-ring (bicyclic) bond motifs is 1. The maximum atomic E-state index is 12.0. The van der Waals surface area contributed by atoms with Gasteiger partial charge in [0.2, 0.25) is 5.91 Å². The van der Waals surface area contributed by atoms with Crippen LogP contribution >= 0.6 is 11.3 Å². The highest BCUT2D eigenvalue weighted by atomic mass is 32.1. The van der Waals surface area contributed by atoms with Gasteiger partial charge in [0.25, 0.3) is 0 Å². The number of nitrogens with zero attached hydrogens (tertiary/aromatic N) is 3. The van der Waals surface area contributed by atoms with Gasteiger partial charge in [-0.05, 0) is 24.6 Å². The summed E-state index contributed by atoms with van der Waals surface area (Å²) < 4.78 is 1.93. The van der Waals surface area contributed by atoms with Crippen LogP contribution in [0.25, 0.3) is 4.96 Å². The van der Waals surface area contributed by atoms with Crippen LogP contribution in [0.3, 0.4) is 0 Å². The van der Waals surface area contributed by atoms with Crippen molar-refractivity contribution in [3.05, 3.63) is 53.6 Å². The van der Waals surface area contributed by atoms with Crippen LogP contribution in [-0.2, 0) is 11.2 Å². The summed E-state index contributed by atoms with van der Waals surface area (Å²) in [5.74, 6) is -0.0277. The average molecular weight is 286 g/mol. The summed E-state index contributed by atoms with van der Waals surface area (Å²) in [6.45, 7) is 1.96. The quantitative estimate of drug-likeness (QED) is 0.800. The Morgan fingerprint density at radius 2 is 2.25 bits per heavy atom. The van der Waals surface area contributed by atoms with Crippen LogP contribution in [0.4, 0.5) is 0 Å². The number of pyridine rings is 1. The molecule has 20 heavy (non-hydrogen) atoms. The lowest BCUT2D eigenvalue weighted by molar-refractivity contribution is -0.121. The number of hydrogen-bond donors (Lipinski definition) is 1. The number of thiazole rings is 1. The van der Waals surface area contributed by atoms with Gasteiger partial charge >= 0.3 is 0 Å². The molecule has 1 N–H and O–H groups in total. The van der Waals surface area contributed by atoms with E-state index in [4.69, 9.17) is 0 Å². The van der Waals surface area contributed by atoms with Crippen LogP contribution in [0.5, 0.6) is 0 Å². The molecule has 0 radical (unpaired) electrons. The Kier molecular flexibility index (Phi) is 3.47. The van der Waals surface area contributed by atoms with Crippen molar-refractivity contribution in [3.8, 4) is 0 Å². The minimum absolute atomic E-state index is 0.0277. The highest BCUT2D eigenvalue weighted by molar-refractivity contribution is 7.15. The van der Waals surface area contributed by atoms with Crippen molar-refractivity contribution < 1.29 is 4.79 Å². The Labute approximate surface area is 120 Å². The van der Waals surface area contributed by atoms with E-state index < -0.39 is 0 Å². The van der Waals surface area contributed by atoms with E-state index in [1.54, 1.807) is 23.7 Å². The second-order valence-corrected chi connectivity index (χ2v) is 5.44. The summed E-state index contributed by atoms with van der Waals surface area (Å²) in [4.78, 5) is 21.3. The highest BCUT2D eigenvalue weighted by Gasteiger charge is 2.12. The van der Waals surface area contributed by atoms with E-state index in [9.17, 15) is 4.79 Å². The zero-order valence-corrected chi connectivity index (χ0v) is 11.8. The summed E-state index contributed by atoms with van der Waals surface area (Å²) in [5.41, 5.74) is 1.83. The summed E-state index contributed by atoms with van der Waals surface area (Å²) in [7, 11) is 0. The first-order chi connectivity index (χ1) is 9.72. The lowest BCUT2D eigenvalue weighted by Gasteiger charge is -2.13. The monoisotopic (exact) mass is 286 g/mol. The molecular weight excluding hydrogens is 272 g/mol. The maximum Gasteiger partial charge on any atom is 0.226 e. The molecule has 0 aliphatic carbocycles. The number of rotatable bonds is 4. The summed E-state index contributed by atoms with van der Waals surface area (Å²) in [6.07, 6.45) is 7.57. The zero-order valence-electron chi connectivity index (χ0n) is 11.0. The number of hydrogen-bond acceptors (Lipinski definition) is 4. The lowest BCUT2D eigenvalue weighted by atomic mass is 10.1. The van der Waals surface area contributed by atoms with Gasteiger partial charge in [0, 0.05) is 30.2 Å². The molecule has 3 aromatic heterocycles. The van der Waals surface area contributed by atoms with Gasteiger partial charge in [-0.2, -0.15) is 0 Å². The minimum atomic E-state index is -0.0331.